The number of halogens is 1. The lowest BCUT2D eigenvalue weighted by Crippen LogP contribution is -2.35. The molecule has 76 valence electrons. The van der Waals surface area contributed by atoms with E-state index in [0.29, 0.717) is 13.1 Å². The van der Waals surface area contributed by atoms with Crippen molar-refractivity contribution in [3.05, 3.63) is 0 Å². The van der Waals surface area contributed by atoms with Gasteiger partial charge < -0.3 is 10.1 Å². The van der Waals surface area contributed by atoms with Gasteiger partial charge in [0.15, 0.2) is 0 Å². The molecule has 0 bridgehead atoms. The fraction of sp³-hybridized carbons (Fsp3) is 0.750. The average Bonchev–Trinajstić information content (AvgIpc) is 2.05. The Morgan fingerprint density at radius 2 is 2.38 bits per heavy atom. The van der Waals surface area contributed by atoms with Gasteiger partial charge in [0.1, 0.15) is 0 Å². The Labute approximate surface area is 84.2 Å². The fourth-order valence-electron chi connectivity index (χ4n) is 0.990. The summed E-state index contributed by atoms with van der Waals surface area (Å²) >= 11 is 0. The van der Waals surface area contributed by atoms with Crippen LogP contribution in [0.1, 0.15) is 13.8 Å². The molecular formula is C8H15ClN2O2. The van der Waals surface area contributed by atoms with Crippen molar-refractivity contribution < 1.29 is 9.53 Å². The molecule has 13 heavy (non-hydrogen) atoms. The summed E-state index contributed by atoms with van der Waals surface area (Å²) in [7, 11) is 0. The number of esters is 1. The quantitative estimate of drug-likeness (QED) is 0.674. The molecule has 1 unspecified atom stereocenters. The summed E-state index contributed by atoms with van der Waals surface area (Å²) in [6.07, 6.45) is 1.59. The molecule has 0 saturated carbocycles. The van der Waals surface area contributed by atoms with E-state index in [1.807, 2.05) is 13.8 Å². The van der Waals surface area contributed by atoms with Gasteiger partial charge in [0, 0.05) is 6.54 Å². The van der Waals surface area contributed by atoms with Gasteiger partial charge in [-0.3, -0.25) is 9.79 Å². The second-order valence-corrected chi connectivity index (χ2v) is 3.09. The SMILES string of the molecule is CC(C)OC(=O)C1CN=CNC1.Cl. The monoisotopic (exact) mass is 206 g/mol. The summed E-state index contributed by atoms with van der Waals surface area (Å²) in [5, 5.41) is 2.90. The lowest BCUT2D eigenvalue weighted by atomic mass is 10.1. The van der Waals surface area contributed by atoms with Gasteiger partial charge in [0.2, 0.25) is 0 Å². The molecule has 1 aliphatic heterocycles. The summed E-state index contributed by atoms with van der Waals surface area (Å²) in [4.78, 5) is 15.2. The third-order valence-electron chi connectivity index (χ3n) is 1.56. The van der Waals surface area contributed by atoms with Crippen LogP contribution >= 0.6 is 12.4 Å². The largest absolute Gasteiger partial charge is 0.463 e. The standard InChI is InChI=1S/C8H14N2O2.ClH/c1-6(2)12-8(11)7-3-9-5-10-4-7;/h5-7H,3-4H2,1-2H3,(H,9,10);1H. The Morgan fingerprint density at radius 3 is 2.85 bits per heavy atom. The number of nitrogens with one attached hydrogen (secondary N) is 1. The van der Waals surface area contributed by atoms with Gasteiger partial charge in [-0.1, -0.05) is 0 Å². The molecule has 0 aromatic carbocycles. The zero-order valence-corrected chi connectivity index (χ0v) is 8.63. The summed E-state index contributed by atoms with van der Waals surface area (Å²) in [6.45, 7) is 4.86. The van der Waals surface area contributed by atoms with Crippen LogP contribution in [-0.4, -0.2) is 31.5 Å². The molecule has 0 radical (unpaired) electrons. The Balaban J connectivity index is 0.00000144. The van der Waals surface area contributed by atoms with E-state index < -0.39 is 0 Å². The van der Waals surface area contributed by atoms with Crippen molar-refractivity contribution in [3.63, 3.8) is 0 Å². The number of nitrogens with zero attached hydrogens (tertiary/aromatic N) is 1. The van der Waals surface area contributed by atoms with Gasteiger partial charge in [-0.05, 0) is 13.8 Å². The van der Waals surface area contributed by atoms with E-state index in [1.165, 1.54) is 0 Å². The second kappa shape index (κ2) is 5.80. The normalized spacial score (nSPS) is 20.4. The zero-order chi connectivity index (χ0) is 8.97. The van der Waals surface area contributed by atoms with Crippen molar-refractivity contribution in [3.8, 4) is 0 Å². The van der Waals surface area contributed by atoms with E-state index in [-0.39, 0.29) is 30.4 Å². The van der Waals surface area contributed by atoms with Crippen molar-refractivity contribution >= 4 is 24.7 Å². The molecule has 0 aromatic heterocycles. The van der Waals surface area contributed by atoms with E-state index in [4.69, 9.17) is 4.74 Å². The third-order valence-corrected chi connectivity index (χ3v) is 1.56. The molecule has 1 atom stereocenters. The molecule has 4 nitrogen and oxygen atoms in total. The highest BCUT2D eigenvalue weighted by molar-refractivity contribution is 5.85. The molecule has 0 aliphatic carbocycles. The summed E-state index contributed by atoms with van der Waals surface area (Å²) in [5.74, 6) is -0.272. The van der Waals surface area contributed by atoms with Crippen LogP contribution in [0.2, 0.25) is 0 Å². The highest BCUT2D eigenvalue weighted by Crippen LogP contribution is 2.04. The van der Waals surface area contributed by atoms with Gasteiger partial charge >= 0.3 is 5.97 Å². The van der Waals surface area contributed by atoms with Crippen LogP contribution in [0.4, 0.5) is 0 Å². The Bertz CT molecular complexity index is 195. The lowest BCUT2D eigenvalue weighted by molar-refractivity contribution is -0.151. The maximum Gasteiger partial charge on any atom is 0.312 e. The number of hydrogen-bond donors (Lipinski definition) is 1. The van der Waals surface area contributed by atoms with Gasteiger partial charge in [0.05, 0.1) is 24.9 Å². The van der Waals surface area contributed by atoms with E-state index in [9.17, 15) is 4.79 Å². The van der Waals surface area contributed by atoms with Crippen molar-refractivity contribution in [1.29, 1.82) is 0 Å². The lowest BCUT2D eigenvalue weighted by Gasteiger charge is -2.18. The molecule has 0 saturated heterocycles. The minimum Gasteiger partial charge on any atom is -0.463 e. The molecule has 0 amide bonds. The van der Waals surface area contributed by atoms with Crippen molar-refractivity contribution in [2.45, 2.75) is 20.0 Å². The van der Waals surface area contributed by atoms with Crippen LogP contribution in [0.25, 0.3) is 0 Å². The van der Waals surface area contributed by atoms with Gasteiger partial charge in [-0.15, -0.1) is 12.4 Å². The van der Waals surface area contributed by atoms with E-state index in [0.717, 1.165) is 0 Å². The molecule has 1 rings (SSSR count). The molecular weight excluding hydrogens is 192 g/mol. The molecule has 5 heteroatoms. The first-order chi connectivity index (χ1) is 5.70. The summed E-state index contributed by atoms with van der Waals surface area (Å²) in [6, 6.07) is 0. The van der Waals surface area contributed by atoms with Crippen LogP contribution < -0.4 is 5.32 Å². The smallest absolute Gasteiger partial charge is 0.312 e. The number of carbonyl (C=O) groups excluding carboxylic acids is 1. The van der Waals surface area contributed by atoms with Crippen LogP contribution in [0.15, 0.2) is 4.99 Å². The minimum absolute atomic E-state index is 0. The number of carbonyl (C=O) groups is 1. The Morgan fingerprint density at radius 1 is 1.69 bits per heavy atom. The summed E-state index contributed by atoms with van der Waals surface area (Å²) in [5.41, 5.74) is 0. The highest BCUT2D eigenvalue weighted by Gasteiger charge is 2.21. The first-order valence-corrected chi connectivity index (χ1v) is 4.12. The molecule has 0 spiro atoms. The van der Waals surface area contributed by atoms with E-state index >= 15 is 0 Å². The van der Waals surface area contributed by atoms with Crippen LogP contribution in [-0.2, 0) is 9.53 Å². The first-order valence-electron chi connectivity index (χ1n) is 4.12. The fourth-order valence-corrected chi connectivity index (χ4v) is 0.990. The molecule has 1 heterocycles. The first kappa shape index (κ1) is 12.2. The second-order valence-electron chi connectivity index (χ2n) is 3.09. The van der Waals surface area contributed by atoms with Gasteiger partial charge in [-0.2, -0.15) is 0 Å². The Kier molecular flexibility index (Phi) is 5.46. The van der Waals surface area contributed by atoms with Crippen molar-refractivity contribution in [2.24, 2.45) is 10.9 Å². The summed E-state index contributed by atoms with van der Waals surface area (Å²) < 4.78 is 5.04. The number of aliphatic imine (C=N–C) groups is 1. The average molecular weight is 207 g/mol. The van der Waals surface area contributed by atoms with Gasteiger partial charge in [-0.25, -0.2) is 0 Å². The van der Waals surface area contributed by atoms with Crippen molar-refractivity contribution in [2.75, 3.05) is 13.1 Å². The predicted molar refractivity (Wildman–Crippen MR) is 53.3 cm³/mol. The Hall–Kier alpha value is -0.770. The van der Waals surface area contributed by atoms with E-state index in [2.05, 4.69) is 10.3 Å². The van der Waals surface area contributed by atoms with E-state index in [1.54, 1.807) is 6.34 Å². The maximum atomic E-state index is 11.3. The highest BCUT2D eigenvalue weighted by atomic mass is 35.5. The number of rotatable bonds is 2. The minimum atomic E-state index is -0.158. The number of hydrogen-bond acceptors (Lipinski definition) is 4. The van der Waals surface area contributed by atoms with Crippen molar-refractivity contribution in [1.82, 2.24) is 5.32 Å². The van der Waals surface area contributed by atoms with Crippen LogP contribution in [0.3, 0.4) is 0 Å². The number of ether oxygens (including phenoxy) is 1. The molecule has 0 fully saturated rings. The third kappa shape index (κ3) is 4.12. The maximum absolute atomic E-state index is 11.3. The molecule has 0 aromatic rings. The van der Waals surface area contributed by atoms with Crippen LogP contribution in [0.5, 0.6) is 0 Å². The molecule has 1 aliphatic rings. The predicted octanol–water partition coefficient (Wildman–Crippen LogP) is 0.607. The van der Waals surface area contributed by atoms with Gasteiger partial charge in [0.25, 0.3) is 0 Å². The topological polar surface area (TPSA) is 50.7 Å². The van der Waals surface area contributed by atoms with Crippen LogP contribution in [0, 0.1) is 5.92 Å². The molecule has 1 N–H and O–H groups in total. The zero-order valence-electron chi connectivity index (χ0n) is 7.82.